The van der Waals surface area contributed by atoms with Crippen molar-refractivity contribution in [1.29, 1.82) is 0 Å². The molecule has 0 saturated heterocycles. The number of hydrogen-bond donors (Lipinski definition) is 1. The topological polar surface area (TPSA) is 46.0 Å². The van der Waals surface area contributed by atoms with Gasteiger partial charge in [0.05, 0.1) is 6.10 Å². The summed E-state index contributed by atoms with van der Waals surface area (Å²) in [5.74, 6) is -2.96. The maximum absolute atomic E-state index is 12.5. The second-order valence-electron chi connectivity index (χ2n) is 3.64. The van der Waals surface area contributed by atoms with Gasteiger partial charge in [-0.15, -0.1) is 0 Å². The zero-order valence-electron chi connectivity index (χ0n) is 7.40. The minimum absolute atomic E-state index is 0.247. The number of hydrogen-bond acceptors (Lipinski definition) is 3. The highest BCUT2D eigenvalue weighted by molar-refractivity contribution is 5.10. The Balaban J connectivity index is 2.01. The fourth-order valence-electron chi connectivity index (χ4n) is 1.67. The van der Waals surface area contributed by atoms with Crippen molar-refractivity contribution >= 4 is 0 Å². The van der Waals surface area contributed by atoms with Crippen LogP contribution < -0.4 is 0 Å². The van der Waals surface area contributed by atoms with Crippen molar-refractivity contribution in [1.82, 2.24) is 9.97 Å². The summed E-state index contributed by atoms with van der Waals surface area (Å²) in [6, 6.07) is 0. The van der Waals surface area contributed by atoms with E-state index < -0.39 is 12.0 Å². The molecule has 1 fully saturated rings. The third-order valence-corrected chi connectivity index (χ3v) is 2.49. The summed E-state index contributed by atoms with van der Waals surface area (Å²) < 4.78 is 25.0. The van der Waals surface area contributed by atoms with Crippen LogP contribution in [-0.2, 0) is 0 Å². The maximum atomic E-state index is 12.5. The third-order valence-electron chi connectivity index (χ3n) is 2.49. The molecule has 1 aromatic heterocycles. The molecule has 2 rings (SSSR count). The first kappa shape index (κ1) is 9.45. The van der Waals surface area contributed by atoms with Crippen LogP contribution >= 0.6 is 0 Å². The first-order valence-electron chi connectivity index (χ1n) is 4.39. The SMILES string of the molecule is OC(c1cncnc1)C1CC(F)(F)C1. The molecule has 5 heteroatoms. The van der Waals surface area contributed by atoms with Gasteiger partial charge in [-0.05, 0) is 0 Å². The summed E-state index contributed by atoms with van der Waals surface area (Å²) in [5.41, 5.74) is 0.507. The zero-order chi connectivity index (χ0) is 10.2. The molecule has 0 radical (unpaired) electrons. The van der Waals surface area contributed by atoms with E-state index in [1.54, 1.807) is 0 Å². The highest BCUT2D eigenvalue weighted by Gasteiger charge is 2.48. The van der Waals surface area contributed by atoms with Gasteiger partial charge >= 0.3 is 0 Å². The monoisotopic (exact) mass is 200 g/mol. The summed E-state index contributed by atoms with van der Waals surface area (Å²) in [7, 11) is 0. The van der Waals surface area contributed by atoms with Crippen molar-refractivity contribution in [2.45, 2.75) is 24.9 Å². The van der Waals surface area contributed by atoms with E-state index in [1.807, 2.05) is 0 Å². The molecule has 1 N–H and O–H groups in total. The van der Waals surface area contributed by atoms with E-state index in [1.165, 1.54) is 18.7 Å². The highest BCUT2D eigenvalue weighted by atomic mass is 19.3. The fraction of sp³-hybridized carbons (Fsp3) is 0.556. The van der Waals surface area contributed by atoms with Gasteiger partial charge in [0, 0.05) is 36.7 Å². The molecule has 3 nitrogen and oxygen atoms in total. The number of aliphatic hydroxyl groups excluding tert-OH is 1. The Morgan fingerprint density at radius 1 is 1.36 bits per heavy atom. The van der Waals surface area contributed by atoms with Gasteiger partial charge < -0.3 is 5.11 Å². The molecule has 1 saturated carbocycles. The molecule has 0 amide bonds. The van der Waals surface area contributed by atoms with Crippen LogP contribution in [0.25, 0.3) is 0 Å². The van der Waals surface area contributed by atoms with Crippen molar-refractivity contribution in [2.24, 2.45) is 5.92 Å². The Hall–Kier alpha value is -1.10. The van der Waals surface area contributed by atoms with Crippen molar-refractivity contribution in [3.8, 4) is 0 Å². The van der Waals surface area contributed by atoms with Gasteiger partial charge in [0.1, 0.15) is 6.33 Å². The predicted octanol–water partition coefficient (Wildman–Crippen LogP) is 1.56. The minimum atomic E-state index is -2.60. The summed E-state index contributed by atoms with van der Waals surface area (Å²) in [5, 5.41) is 9.66. The average Bonchev–Trinajstić information content (AvgIpc) is 2.14. The van der Waals surface area contributed by atoms with Crippen LogP contribution in [-0.4, -0.2) is 21.0 Å². The second-order valence-corrected chi connectivity index (χ2v) is 3.64. The number of aromatic nitrogens is 2. The normalized spacial score (nSPS) is 22.8. The molecule has 0 spiro atoms. The Morgan fingerprint density at radius 2 is 1.93 bits per heavy atom. The lowest BCUT2D eigenvalue weighted by Gasteiger charge is -2.37. The predicted molar refractivity (Wildman–Crippen MR) is 44.7 cm³/mol. The number of alkyl halides is 2. The largest absolute Gasteiger partial charge is 0.388 e. The van der Waals surface area contributed by atoms with E-state index in [9.17, 15) is 13.9 Å². The molecule has 1 atom stereocenters. The lowest BCUT2D eigenvalue weighted by Crippen LogP contribution is -2.38. The Morgan fingerprint density at radius 3 is 2.43 bits per heavy atom. The standard InChI is InChI=1S/C9H10F2N2O/c10-9(11)1-6(2-9)8(14)7-3-12-5-13-4-7/h3-6,8,14H,1-2H2. The molecule has 1 unspecified atom stereocenters. The molecule has 76 valence electrons. The smallest absolute Gasteiger partial charge is 0.248 e. The van der Waals surface area contributed by atoms with E-state index >= 15 is 0 Å². The molecule has 0 aliphatic heterocycles. The van der Waals surface area contributed by atoms with E-state index in [0.717, 1.165) is 0 Å². The molecular weight excluding hydrogens is 190 g/mol. The fourth-order valence-corrected chi connectivity index (χ4v) is 1.67. The first-order chi connectivity index (χ1) is 6.58. The molecule has 1 aromatic rings. The summed E-state index contributed by atoms with van der Waals surface area (Å²) in [6.45, 7) is 0. The molecule has 0 bridgehead atoms. The van der Waals surface area contributed by atoms with E-state index in [-0.39, 0.29) is 18.8 Å². The second kappa shape index (κ2) is 3.24. The number of halogens is 2. The van der Waals surface area contributed by atoms with Crippen molar-refractivity contribution in [3.63, 3.8) is 0 Å². The minimum Gasteiger partial charge on any atom is -0.388 e. The van der Waals surface area contributed by atoms with E-state index in [0.29, 0.717) is 5.56 Å². The van der Waals surface area contributed by atoms with Gasteiger partial charge in [-0.25, -0.2) is 18.7 Å². The first-order valence-corrected chi connectivity index (χ1v) is 4.39. The quantitative estimate of drug-likeness (QED) is 0.787. The Bertz CT molecular complexity index is 310. The summed E-state index contributed by atoms with van der Waals surface area (Å²) in [6.07, 6.45) is 2.89. The zero-order valence-corrected chi connectivity index (χ0v) is 7.40. The van der Waals surface area contributed by atoms with Crippen LogP contribution in [0, 0.1) is 5.92 Å². The lowest BCUT2D eigenvalue weighted by molar-refractivity contribution is -0.142. The van der Waals surface area contributed by atoms with Crippen LogP contribution in [0.5, 0.6) is 0 Å². The summed E-state index contributed by atoms with van der Waals surface area (Å²) >= 11 is 0. The number of rotatable bonds is 2. The third kappa shape index (κ3) is 1.72. The number of nitrogens with zero attached hydrogens (tertiary/aromatic N) is 2. The van der Waals surface area contributed by atoms with Crippen molar-refractivity contribution < 1.29 is 13.9 Å². The van der Waals surface area contributed by atoms with Crippen molar-refractivity contribution in [3.05, 3.63) is 24.3 Å². The molecule has 0 aromatic carbocycles. The average molecular weight is 200 g/mol. The van der Waals surface area contributed by atoms with Gasteiger partial charge in [-0.3, -0.25) is 0 Å². The Labute approximate surface area is 79.8 Å². The van der Waals surface area contributed by atoms with Crippen LogP contribution in [0.3, 0.4) is 0 Å². The highest BCUT2D eigenvalue weighted by Crippen LogP contribution is 2.47. The molecular formula is C9H10F2N2O. The Kier molecular flexibility index (Phi) is 2.19. The van der Waals surface area contributed by atoms with Gasteiger partial charge in [0.2, 0.25) is 5.92 Å². The van der Waals surface area contributed by atoms with Gasteiger partial charge in [0.25, 0.3) is 0 Å². The van der Waals surface area contributed by atoms with Crippen LogP contribution in [0.2, 0.25) is 0 Å². The molecule has 14 heavy (non-hydrogen) atoms. The number of aliphatic hydroxyl groups is 1. The molecule has 1 aliphatic rings. The molecule has 1 aliphatic carbocycles. The van der Waals surface area contributed by atoms with E-state index in [2.05, 4.69) is 9.97 Å². The van der Waals surface area contributed by atoms with Crippen LogP contribution in [0.15, 0.2) is 18.7 Å². The van der Waals surface area contributed by atoms with Gasteiger partial charge in [-0.2, -0.15) is 0 Å². The summed E-state index contributed by atoms with van der Waals surface area (Å²) in [4.78, 5) is 7.45. The maximum Gasteiger partial charge on any atom is 0.248 e. The van der Waals surface area contributed by atoms with Crippen LogP contribution in [0.4, 0.5) is 8.78 Å². The van der Waals surface area contributed by atoms with Crippen molar-refractivity contribution in [2.75, 3.05) is 0 Å². The van der Waals surface area contributed by atoms with Gasteiger partial charge in [-0.1, -0.05) is 0 Å². The van der Waals surface area contributed by atoms with Gasteiger partial charge in [0.15, 0.2) is 0 Å². The van der Waals surface area contributed by atoms with E-state index in [4.69, 9.17) is 0 Å². The molecule has 1 heterocycles. The van der Waals surface area contributed by atoms with Crippen LogP contribution in [0.1, 0.15) is 24.5 Å². The lowest BCUT2D eigenvalue weighted by atomic mass is 9.76.